The van der Waals surface area contributed by atoms with Crippen LogP contribution < -0.4 is 5.73 Å². The fourth-order valence-electron chi connectivity index (χ4n) is 4.53. The molecule has 7 heteroatoms. The number of hydrogen-bond donors (Lipinski definition) is 1. The zero-order valence-electron chi connectivity index (χ0n) is 15.1. The number of nitrogens with two attached hydrogens (primary N) is 1. The first-order chi connectivity index (χ1) is 12.6. The zero-order chi connectivity index (χ0) is 18.1. The van der Waals surface area contributed by atoms with Crippen LogP contribution in [0.4, 0.5) is 5.69 Å². The summed E-state index contributed by atoms with van der Waals surface area (Å²) in [5.41, 5.74) is 6.63. The summed E-state index contributed by atoms with van der Waals surface area (Å²) in [6.45, 7) is 3.86. The molecule has 1 spiro atoms. The molecule has 4 heterocycles. The van der Waals surface area contributed by atoms with E-state index in [2.05, 4.69) is 0 Å². The molecule has 4 rings (SSSR count). The lowest BCUT2D eigenvalue weighted by Crippen LogP contribution is -2.53. The Morgan fingerprint density at radius 2 is 2.15 bits per heavy atom. The summed E-state index contributed by atoms with van der Waals surface area (Å²) < 4.78 is 5.72. The van der Waals surface area contributed by atoms with Gasteiger partial charge < -0.3 is 20.3 Å². The van der Waals surface area contributed by atoms with Crippen LogP contribution in [0.15, 0.2) is 11.4 Å². The van der Waals surface area contributed by atoms with Crippen LogP contribution in [0.25, 0.3) is 0 Å². The van der Waals surface area contributed by atoms with Gasteiger partial charge in [-0.1, -0.05) is 0 Å². The molecule has 3 saturated heterocycles. The minimum absolute atomic E-state index is 0.0513. The molecule has 2 N–H and O–H groups in total. The summed E-state index contributed by atoms with van der Waals surface area (Å²) in [4.78, 5) is 29.6. The number of nitrogens with zero attached hydrogens (tertiary/aromatic N) is 2. The highest BCUT2D eigenvalue weighted by Crippen LogP contribution is 2.41. The van der Waals surface area contributed by atoms with Crippen molar-refractivity contribution in [2.75, 3.05) is 38.5 Å². The van der Waals surface area contributed by atoms with Crippen LogP contribution in [0, 0.1) is 5.41 Å². The van der Waals surface area contributed by atoms with Gasteiger partial charge in [0.1, 0.15) is 4.88 Å². The number of ether oxygens (including phenoxy) is 1. The highest BCUT2D eigenvalue weighted by atomic mass is 32.1. The van der Waals surface area contributed by atoms with Crippen molar-refractivity contribution in [2.45, 2.75) is 44.6 Å². The molecule has 1 aromatic rings. The smallest absolute Gasteiger partial charge is 0.266 e. The van der Waals surface area contributed by atoms with Crippen molar-refractivity contribution in [2.24, 2.45) is 5.41 Å². The first kappa shape index (κ1) is 17.8. The first-order valence-corrected chi connectivity index (χ1v) is 10.5. The van der Waals surface area contributed by atoms with E-state index in [9.17, 15) is 9.59 Å². The Morgan fingerprint density at radius 1 is 1.35 bits per heavy atom. The Labute approximate surface area is 158 Å². The third-order valence-corrected chi connectivity index (χ3v) is 7.12. The average molecular weight is 378 g/mol. The molecule has 0 radical (unpaired) electrons. The van der Waals surface area contributed by atoms with Crippen LogP contribution in [-0.4, -0.2) is 60.5 Å². The number of anilines is 1. The van der Waals surface area contributed by atoms with E-state index in [1.807, 2.05) is 15.2 Å². The van der Waals surface area contributed by atoms with Crippen LogP contribution in [-0.2, 0) is 9.53 Å². The fraction of sp³-hybridized carbons (Fsp3) is 0.684. The van der Waals surface area contributed by atoms with Crippen molar-refractivity contribution in [3.8, 4) is 0 Å². The summed E-state index contributed by atoms with van der Waals surface area (Å²) in [5.74, 6) is 0.312. The lowest BCUT2D eigenvalue weighted by Gasteiger charge is -2.47. The van der Waals surface area contributed by atoms with E-state index in [1.165, 1.54) is 11.3 Å². The van der Waals surface area contributed by atoms with Gasteiger partial charge in [0, 0.05) is 39.2 Å². The van der Waals surface area contributed by atoms with Gasteiger partial charge in [-0.2, -0.15) is 0 Å². The van der Waals surface area contributed by atoms with Crippen molar-refractivity contribution in [3.05, 3.63) is 16.3 Å². The molecule has 3 aliphatic rings. The van der Waals surface area contributed by atoms with Crippen molar-refractivity contribution in [1.82, 2.24) is 9.80 Å². The van der Waals surface area contributed by atoms with E-state index >= 15 is 0 Å². The first-order valence-electron chi connectivity index (χ1n) is 9.58. The van der Waals surface area contributed by atoms with Crippen LogP contribution in [0.1, 0.15) is 48.2 Å². The topological polar surface area (TPSA) is 75.9 Å². The number of nitrogen functional groups attached to an aromatic ring is 1. The predicted molar refractivity (Wildman–Crippen MR) is 101 cm³/mol. The maximum atomic E-state index is 12.7. The molecule has 0 aromatic carbocycles. The Hall–Kier alpha value is -1.60. The Bertz CT molecular complexity index is 675. The van der Waals surface area contributed by atoms with Crippen molar-refractivity contribution in [3.63, 3.8) is 0 Å². The van der Waals surface area contributed by atoms with E-state index in [-0.39, 0.29) is 23.3 Å². The number of carbonyl (C=O) groups is 2. The molecule has 3 aliphatic heterocycles. The number of amides is 2. The van der Waals surface area contributed by atoms with Crippen molar-refractivity contribution < 1.29 is 14.3 Å². The Balaban J connectivity index is 1.37. The molecule has 1 atom stereocenters. The molecule has 0 aliphatic carbocycles. The maximum Gasteiger partial charge on any atom is 0.266 e. The molecule has 6 nitrogen and oxygen atoms in total. The molecule has 1 aromatic heterocycles. The molecule has 142 valence electrons. The van der Waals surface area contributed by atoms with Gasteiger partial charge >= 0.3 is 0 Å². The van der Waals surface area contributed by atoms with Gasteiger partial charge in [0.05, 0.1) is 11.8 Å². The lowest BCUT2D eigenvalue weighted by atomic mass is 9.72. The molecular weight excluding hydrogens is 350 g/mol. The summed E-state index contributed by atoms with van der Waals surface area (Å²) in [6.07, 6.45) is 5.84. The van der Waals surface area contributed by atoms with Crippen LogP contribution in [0.2, 0.25) is 0 Å². The van der Waals surface area contributed by atoms with Crippen molar-refractivity contribution >= 4 is 28.8 Å². The highest BCUT2D eigenvalue weighted by molar-refractivity contribution is 7.12. The fourth-order valence-corrected chi connectivity index (χ4v) is 5.32. The molecule has 26 heavy (non-hydrogen) atoms. The van der Waals surface area contributed by atoms with Gasteiger partial charge in [0.15, 0.2) is 0 Å². The molecule has 2 amide bonds. The minimum atomic E-state index is 0.0513. The van der Waals surface area contributed by atoms with Crippen LogP contribution in [0.5, 0.6) is 0 Å². The Kier molecular flexibility index (Phi) is 4.92. The Morgan fingerprint density at radius 3 is 2.81 bits per heavy atom. The second-order valence-electron chi connectivity index (χ2n) is 7.91. The van der Waals surface area contributed by atoms with Crippen LogP contribution >= 0.6 is 11.3 Å². The SMILES string of the molecule is Nc1ccsc1C(=O)N1CCC2(CCC(=O)N(C[C@@H]3CCCO3)C2)CC1. The number of likely N-dealkylation sites (tertiary alicyclic amines) is 2. The van der Waals surface area contributed by atoms with E-state index in [1.54, 1.807) is 6.07 Å². The largest absolute Gasteiger partial charge is 0.397 e. The zero-order valence-corrected chi connectivity index (χ0v) is 15.9. The van der Waals surface area contributed by atoms with E-state index in [0.717, 1.165) is 64.9 Å². The van der Waals surface area contributed by atoms with Gasteiger partial charge in [-0.15, -0.1) is 11.3 Å². The second-order valence-corrected chi connectivity index (χ2v) is 8.82. The van der Waals surface area contributed by atoms with Gasteiger partial charge in [-0.05, 0) is 49.0 Å². The van der Waals surface area contributed by atoms with Gasteiger partial charge in [0.25, 0.3) is 5.91 Å². The lowest BCUT2D eigenvalue weighted by molar-refractivity contribution is -0.141. The second kappa shape index (κ2) is 7.19. The highest BCUT2D eigenvalue weighted by Gasteiger charge is 2.42. The molecule has 0 unspecified atom stereocenters. The van der Waals surface area contributed by atoms with E-state index in [0.29, 0.717) is 17.0 Å². The quantitative estimate of drug-likeness (QED) is 0.877. The minimum Gasteiger partial charge on any atom is -0.397 e. The van der Waals surface area contributed by atoms with E-state index in [4.69, 9.17) is 10.5 Å². The molecule has 3 fully saturated rings. The number of carbonyl (C=O) groups excluding carboxylic acids is 2. The molecule has 0 saturated carbocycles. The third kappa shape index (κ3) is 3.47. The van der Waals surface area contributed by atoms with E-state index < -0.39 is 0 Å². The van der Waals surface area contributed by atoms with Gasteiger partial charge in [-0.3, -0.25) is 9.59 Å². The number of piperidine rings is 2. The standard InChI is InChI=1S/C19H27N3O3S/c20-15-4-11-26-17(15)18(24)21-8-6-19(7-9-21)5-3-16(23)22(13-19)12-14-2-1-10-25-14/h4,11,14H,1-3,5-10,12-13,20H2/t14-/m0/s1. The molecule has 0 bridgehead atoms. The summed E-state index contributed by atoms with van der Waals surface area (Å²) in [7, 11) is 0. The predicted octanol–water partition coefficient (Wildman–Crippen LogP) is 2.35. The number of thiophene rings is 1. The summed E-state index contributed by atoms with van der Waals surface area (Å²) in [5, 5.41) is 1.86. The normalized spacial score (nSPS) is 25.8. The summed E-state index contributed by atoms with van der Waals surface area (Å²) in [6, 6.07) is 1.79. The average Bonchev–Trinajstić information content (AvgIpc) is 3.30. The summed E-state index contributed by atoms with van der Waals surface area (Å²) >= 11 is 1.41. The number of rotatable bonds is 3. The maximum absolute atomic E-state index is 12.7. The van der Waals surface area contributed by atoms with Crippen LogP contribution in [0.3, 0.4) is 0 Å². The van der Waals surface area contributed by atoms with Gasteiger partial charge in [-0.25, -0.2) is 0 Å². The molecular formula is C19H27N3O3S. The third-order valence-electron chi connectivity index (χ3n) is 6.20. The van der Waals surface area contributed by atoms with Gasteiger partial charge in [0.2, 0.25) is 5.91 Å². The number of hydrogen-bond acceptors (Lipinski definition) is 5. The monoisotopic (exact) mass is 377 g/mol. The van der Waals surface area contributed by atoms with Crippen molar-refractivity contribution in [1.29, 1.82) is 0 Å².